The van der Waals surface area contributed by atoms with Gasteiger partial charge in [-0.15, -0.1) is 13.2 Å². The molecule has 1 N–H and O–H groups in total. The predicted molar refractivity (Wildman–Crippen MR) is 54.6 cm³/mol. The van der Waals surface area contributed by atoms with Crippen molar-refractivity contribution in [3.05, 3.63) is 21.0 Å². The third kappa shape index (κ3) is 3.60. The quantitative estimate of drug-likeness (QED) is 0.627. The Labute approximate surface area is 110 Å². The normalized spacial score (nSPS) is 12.7. The zero-order chi connectivity index (χ0) is 14.1. The number of halogens is 7. The lowest BCUT2D eigenvalue weighted by molar-refractivity contribution is -0.275. The minimum absolute atomic E-state index is 0.344. The lowest BCUT2D eigenvalue weighted by Gasteiger charge is -2.16. The average molecular weight is 387 g/mol. The number of pyridine rings is 1. The summed E-state index contributed by atoms with van der Waals surface area (Å²) in [6.07, 6.45) is -9.69. The monoisotopic (exact) mass is 387 g/mol. The van der Waals surface area contributed by atoms with Crippen LogP contribution >= 0.6 is 22.6 Å². The molecule has 0 amide bonds. The molecule has 1 aromatic heterocycles. The molecule has 10 heteroatoms. The second-order valence-electron chi connectivity index (χ2n) is 2.97. The van der Waals surface area contributed by atoms with Crippen molar-refractivity contribution in [3.63, 3.8) is 0 Å². The number of aliphatic hydroxyl groups is 1. The Morgan fingerprint density at radius 3 is 2.17 bits per heavy atom. The Kier molecular flexibility index (Phi) is 4.30. The summed E-state index contributed by atoms with van der Waals surface area (Å²) in [6.45, 7) is -0.973. The van der Waals surface area contributed by atoms with Crippen molar-refractivity contribution in [3.8, 4) is 5.75 Å². The molecule has 0 aromatic carbocycles. The number of hydrogen-bond acceptors (Lipinski definition) is 3. The van der Waals surface area contributed by atoms with E-state index < -0.39 is 39.7 Å². The van der Waals surface area contributed by atoms with Crippen molar-refractivity contribution in [1.82, 2.24) is 4.98 Å². The Morgan fingerprint density at radius 1 is 1.22 bits per heavy atom. The summed E-state index contributed by atoms with van der Waals surface area (Å²) < 4.78 is 76.2. The Balaban J connectivity index is 3.37. The SMILES string of the molecule is OCc1ncc(C(F)(F)F)c(I)c1OC(F)(F)F. The molecular formula is C8H4F6INO2. The van der Waals surface area contributed by atoms with Crippen LogP contribution < -0.4 is 4.74 Å². The third-order valence-corrected chi connectivity index (χ3v) is 2.79. The van der Waals surface area contributed by atoms with Crippen molar-refractivity contribution in [2.45, 2.75) is 19.1 Å². The average Bonchev–Trinajstić information content (AvgIpc) is 2.17. The Bertz CT molecular complexity index is 444. The molecule has 18 heavy (non-hydrogen) atoms. The molecular weight excluding hydrogens is 383 g/mol. The van der Waals surface area contributed by atoms with Crippen molar-refractivity contribution in [1.29, 1.82) is 0 Å². The van der Waals surface area contributed by atoms with Crippen LogP contribution in [0.25, 0.3) is 0 Å². The van der Waals surface area contributed by atoms with E-state index in [1.807, 2.05) is 0 Å². The second kappa shape index (κ2) is 5.07. The molecule has 0 saturated heterocycles. The van der Waals surface area contributed by atoms with Gasteiger partial charge in [0.2, 0.25) is 0 Å². The van der Waals surface area contributed by atoms with E-state index in [0.29, 0.717) is 6.20 Å². The minimum atomic E-state index is -5.17. The summed E-state index contributed by atoms with van der Waals surface area (Å²) in [5.41, 5.74) is -1.98. The van der Waals surface area contributed by atoms with Crippen LogP contribution in [0.5, 0.6) is 5.75 Å². The Hall–Kier alpha value is -0.780. The van der Waals surface area contributed by atoms with Gasteiger partial charge in [-0.25, -0.2) is 0 Å². The van der Waals surface area contributed by atoms with Crippen LogP contribution in [0.2, 0.25) is 0 Å². The smallest absolute Gasteiger partial charge is 0.403 e. The maximum Gasteiger partial charge on any atom is 0.573 e. The van der Waals surface area contributed by atoms with Gasteiger partial charge in [-0.05, 0) is 22.6 Å². The van der Waals surface area contributed by atoms with Gasteiger partial charge in [0, 0.05) is 6.20 Å². The van der Waals surface area contributed by atoms with Gasteiger partial charge in [0.15, 0.2) is 5.75 Å². The first-order valence-electron chi connectivity index (χ1n) is 4.17. The van der Waals surface area contributed by atoms with Crippen molar-refractivity contribution in [2.75, 3.05) is 0 Å². The summed E-state index contributed by atoms with van der Waals surface area (Å²) >= 11 is 1.06. The van der Waals surface area contributed by atoms with E-state index >= 15 is 0 Å². The molecule has 0 spiro atoms. The van der Waals surface area contributed by atoms with Crippen molar-refractivity contribution >= 4 is 22.6 Å². The van der Waals surface area contributed by atoms with E-state index in [1.54, 1.807) is 0 Å². The molecule has 0 aliphatic carbocycles. The molecule has 0 unspecified atom stereocenters. The molecule has 0 fully saturated rings. The molecule has 0 atom stereocenters. The summed E-state index contributed by atoms with van der Waals surface area (Å²) in [4.78, 5) is 3.11. The highest BCUT2D eigenvalue weighted by atomic mass is 127. The van der Waals surface area contributed by atoms with E-state index in [4.69, 9.17) is 5.11 Å². The van der Waals surface area contributed by atoms with Crippen LogP contribution in [0.3, 0.4) is 0 Å². The maximum atomic E-state index is 12.5. The lowest BCUT2D eigenvalue weighted by atomic mass is 10.2. The molecule has 0 radical (unpaired) electrons. The van der Waals surface area contributed by atoms with Crippen molar-refractivity contribution < 1.29 is 36.2 Å². The first-order chi connectivity index (χ1) is 8.06. The number of aliphatic hydroxyl groups excluding tert-OH is 1. The maximum absolute atomic E-state index is 12.5. The van der Waals surface area contributed by atoms with E-state index in [2.05, 4.69) is 9.72 Å². The predicted octanol–water partition coefficient (Wildman–Crippen LogP) is 3.10. The minimum Gasteiger partial charge on any atom is -0.403 e. The zero-order valence-electron chi connectivity index (χ0n) is 8.23. The van der Waals surface area contributed by atoms with E-state index in [0.717, 1.165) is 22.6 Å². The standard InChI is InChI=1S/C8H4F6INO2/c9-7(10,11)3-1-16-4(2-17)6(5(3)15)18-8(12,13)14/h1,17H,2H2. The summed E-state index contributed by atoms with van der Waals surface area (Å²) in [5.74, 6) is -1.14. The first-order valence-corrected chi connectivity index (χ1v) is 5.25. The molecule has 0 aliphatic rings. The number of nitrogens with zero attached hydrogens (tertiary/aromatic N) is 1. The molecule has 0 saturated carbocycles. The second-order valence-corrected chi connectivity index (χ2v) is 4.04. The van der Waals surface area contributed by atoms with Gasteiger partial charge in [-0.2, -0.15) is 13.2 Å². The van der Waals surface area contributed by atoms with Gasteiger partial charge >= 0.3 is 12.5 Å². The van der Waals surface area contributed by atoms with Crippen LogP contribution in [0.15, 0.2) is 6.20 Å². The van der Waals surface area contributed by atoms with E-state index in [-0.39, 0.29) is 0 Å². The summed E-state index contributed by atoms with van der Waals surface area (Å²) in [6, 6.07) is 0. The van der Waals surface area contributed by atoms with E-state index in [1.165, 1.54) is 0 Å². The molecule has 102 valence electrons. The van der Waals surface area contributed by atoms with Gasteiger partial charge in [-0.3, -0.25) is 4.98 Å². The first kappa shape index (κ1) is 15.3. The fourth-order valence-electron chi connectivity index (χ4n) is 1.04. The topological polar surface area (TPSA) is 42.4 Å². The van der Waals surface area contributed by atoms with Crippen LogP contribution in [0.1, 0.15) is 11.3 Å². The fraction of sp³-hybridized carbons (Fsp3) is 0.375. The fourth-order valence-corrected chi connectivity index (χ4v) is 1.90. The summed E-state index contributed by atoms with van der Waals surface area (Å²) in [7, 11) is 0. The van der Waals surface area contributed by atoms with Crippen LogP contribution in [-0.2, 0) is 12.8 Å². The van der Waals surface area contributed by atoms with Gasteiger partial charge in [0.25, 0.3) is 0 Å². The molecule has 1 heterocycles. The van der Waals surface area contributed by atoms with Gasteiger partial charge in [0.1, 0.15) is 5.69 Å². The van der Waals surface area contributed by atoms with E-state index in [9.17, 15) is 26.3 Å². The van der Waals surface area contributed by atoms with Gasteiger partial charge in [0.05, 0.1) is 15.7 Å². The van der Waals surface area contributed by atoms with Crippen LogP contribution in [0.4, 0.5) is 26.3 Å². The highest BCUT2D eigenvalue weighted by Crippen LogP contribution is 2.39. The highest BCUT2D eigenvalue weighted by Gasteiger charge is 2.39. The van der Waals surface area contributed by atoms with Gasteiger partial charge < -0.3 is 9.84 Å². The lowest BCUT2D eigenvalue weighted by Crippen LogP contribution is -2.21. The third-order valence-electron chi connectivity index (χ3n) is 1.72. The number of hydrogen-bond donors (Lipinski definition) is 1. The molecule has 0 aliphatic heterocycles. The van der Waals surface area contributed by atoms with Crippen molar-refractivity contribution in [2.24, 2.45) is 0 Å². The van der Waals surface area contributed by atoms with Crippen LogP contribution in [-0.4, -0.2) is 16.5 Å². The van der Waals surface area contributed by atoms with Crippen LogP contribution in [0, 0.1) is 3.57 Å². The van der Waals surface area contributed by atoms with Gasteiger partial charge in [-0.1, -0.05) is 0 Å². The largest absolute Gasteiger partial charge is 0.573 e. The molecule has 1 aromatic rings. The Morgan fingerprint density at radius 2 is 1.78 bits per heavy atom. The highest BCUT2D eigenvalue weighted by molar-refractivity contribution is 14.1. The molecule has 1 rings (SSSR count). The number of ether oxygens (including phenoxy) is 1. The zero-order valence-corrected chi connectivity index (χ0v) is 10.4. The number of aromatic nitrogens is 1. The molecule has 0 bridgehead atoms. The number of rotatable bonds is 2. The summed E-state index contributed by atoms with van der Waals surface area (Å²) in [5, 5.41) is 8.74. The number of alkyl halides is 6. The molecule has 3 nitrogen and oxygen atoms in total.